The first-order valence-corrected chi connectivity index (χ1v) is 8.30. The number of aliphatic hydroxyl groups excluding tert-OH is 1. The van der Waals surface area contributed by atoms with Crippen LogP contribution >= 0.6 is 15.9 Å². The van der Waals surface area contributed by atoms with Crippen molar-refractivity contribution in [2.24, 2.45) is 5.92 Å². The molecule has 2 aromatic carbocycles. The van der Waals surface area contributed by atoms with Crippen molar-refractivity contribution in [3.8, 4) is 0 Å². The largest absolute Gasteiger partial charge is 0.387 e. The zero-order valence-electron chi connectivity index (χ0n) is 12.4. The first-order valence-electron chi connectivity index (χ1n) is 7.51. The van der Waals surface area contributed by atoms with Crippen LogP contribution in [0.4, 0.5) is 4.39 Å². The lowest BCUT2D eigenvalue weighted by Gasteiger charge is -2.12. The SMILES string of the molecule is O=C(NCC(O)c1cccc(F)c1)C1CC1c1cccc(Br)c1. The zero-order chi connectivity index (χ0) is 16.4. The Morgan fingerprint density at radius 2 is 2.09 bits per heavy atom. The fraction of sp³-hybridized carbons (Fsp3) is 0.278. The molecule has 0 saturated heterocycles. The third-order valence-electron chi connectivity index (χ3n) is 4.11. The summed E-state index contributed by atoms with van der Waals surface area (Å²) in [7, 11) is 0. The van der Waals surface area contributed by atoms with Gasteiger partial charge in [-0.1, -0.05) is 40.2 Å². The summed E-state index contributed by atoms with van der Waals surface area (Å²) in [4.78, 5) is 12.2. The Hall–Kier alpha value is -1.72. The van der Waals surface area contributed by atoms with Crippen molar-refractivity contribution >= 4 is 21.8 Å². The maximum absolute atomic E-state index is 13.1. The van der Waals surface area contributed by atoms with E-state index in [0.29, 0.717) is 5.56 Å². The van der Waals surface area contributed by atoms with Gasteiger partial charge in [0, 0.05) is 16.9 Å². The highest BCUT2D eigenvalue weighted by atomic mass is 79.9. The van der Waals surface area contributed by atoms with Gasteiger partial charge in [-0.2, -0.15) is 0 Å². The Labute approximate surface area is 142 Å². The van der Waals surface area contributed by atoms with Crippen molar-refractivity contribution in [2.45, 2.75) is 18.4 Å². The summed E-state index contributed by atoms with van der Waals surface area (Å²) in [5, 5.41) is 12.8. The van der Waals surface area contributed by atoms with Crippen LogP contribution in [0.3, 0.4) is 0 Å². The standard InChI is InChI=1S/C18H17BrFNO2/c19-13-5-1-3-11(7-13)15-9-16(15)18(23)21-10-17(22)12-4-2-6-14(20)8-12/h1-8,15-17,22H,9-10H2,(H,21,23). The van der Waals surface area contributed by atoms with Crippen LogP contribution in [0.2, 0.25) is 0 Å². The number of hydrogen-bond acceptors (Lipinski definition) is 2. The number of hydrogen-bond donors (Lipinski definition) is 2. The molecule has 0 radical (unpaired) electrons. The third-order valence-corrected chi connectivity index (χ3v) is 4.60. The number of rotatable bonds is 5. The van der Waals surface area contributed by atoms with Gasteiger partial charge in [-0.3, -0.25) is 4.79 Å². The monoisotopic (exact) mass is 377 g/mol. The predicted molar refractivity (Wildman–Crippen MR) is 89.4 cm³/mol. The maximum Gasteiger partial charge on any atom is 0.223 e. The smallest absolute Gasteiger partial charge is 0.223 e. The minimum Gasteiger partial charge on any atom is -0.387 e. The average Bonchev–Trinajstić information content (AvgIpc) is 3.33. The second-order valence-electron chi connectivity index (χ2n) is 5.82. The lowest BCUT2D eigenvalue weighted by molar-refractivity contribution is -0.122. The second kappa shape index (κ2) is 6.81. The maximum atomic E-state index is 13.1. The third kappa shape index (κ3) is 3.98. The van der Waals surface area contributed by atoms with Gasteiger partial charge in [-0.25, -0.2) is 4.39 Å². The predicted octanol–water partition coefficient (Wildman–Crippen LogP) is 3.54. The van der Waals surface area contributed by atoms with Crippen LogP contribution in [-0.2, 0) is 4.79 Å². The van der Waals surface area contributed by atoms with E-state index in [0.717, 1.165) is 16.5 Å². The van der Waals surface area contributed by atoms with Crippen molar-refractivity contribution in [1.82, 2.24) is 5.32 Å². The van der Waals surface area contributed by atoms with Crippen molar-refractivity contribution < 1.29 is 14.3 Å². The lowest BCUT2D eigenvalue weighted by Crippen LogP contribution is -2.30. The summed E-state index contributed by atoms with van der Waals surface area (Å²) in [6.45, 7) is 0.0873. The molecule has 23 heavy (non-hydrogen) atoms. The molecule has 1 amide bonds. The molecule has 2 N–H and O–H groups in total. The molecule has 1 fully saturated rings. The lowest BCUT2D eigenvalue weighted by atomic mass is 10.1. The number of benzene rings is 2. The van der Waals surface area contributed by atoms with E-state index >= 15 is 0 Å². The van der Waals surface area contributed by atoms with Gasteiger partial charge in [0.05, 0.1) is 6.10 Å². The topological polar surface area (TPSA) is 49.3 Å². The van der Waals surface area contributed by atoms with Crippen LogP contribution < -0.4 is 5.32 Å². The molecule has 1 aliphatic carbocycles. The van der Waals surface area contributed by atoms with Gasteiger partial charge in [-0.05, 0) is 47.7 Å². The summed E-state index contributed by atoms with van der Waals surface area (Å²) < 4.78 is 14.1. The van der Waals surface area contributed by atoms with E-state index in [9.17, 15) is 14.3 Å². The molecule has 0 aromatic heterocycles. The van der Waals surface area contributed by atoms with Gasteiger partial charge in [0.1, 0.15) is 5.82 Å². The fourth-order valence-electron chi connectivity index (χ4n) is 2.75. The van der Waals surface area contributed by atoms with E-state index in [-0.39, 0.29) is 24.3 Å². The average molecular weight is 378 g/mol. The van der Waals surface area contributed by atoms with E-state index in [2.05, 4.69) is 21.2 Å². The van der Waals surface area contributed by atoms with Crippen molar-refractivity contribution in [3.05, 3.63) is 69.9 Å². The van der Waals surface area contributed by atoms with Gasteiger partial charge in [0.25, 0.3) is 0 Å². The normalized spacial score (nSPS) is 20.8. The van der Waals surface area contributed by atoms with Gasteiger partial charge in [-0.15, -0.1) is 0 Å². The molecule has 3 atom stereocenters. The molecule has 0 aliphatic heterocycles. The van der Waals surface area contributed by atoms with E-state index in [1.165, 1.54) is 12.1 Å². The quantitative estimate of drug-likeness (QED) is 0.836. The van der Waals surface area contributed by atoms with Crippen LogP contribution in [0.15, 0.2) is 53.0 Å². The Balaban J connectivity index is 1.53. The van der Waals surface area contributed by atoms with E-state index in [4.69, 9.17) is 0 Å². The molecule has 3 unspecified atom stereocenters. The molecular formula is C18H17BrFNO2. The highest BCUT2D eigenvalue weighted by Crippen LogP contribution is 2.47. The molecule has 1 saturated carbocycles. The van der Waals surface area contributed by atoms with Gasteiger partial charge >= 0.3 is 0 Å². The molecule has 1 aliphatic rings. The number of amides is 1. The summed E-state index contributed by atoms with van der Waals surface area (Å²) in [6, 6.07) is 13.7. The summed E-state index contributed by atoms with van der Waals surface area (Å²) >= 11 is 3.43. The molecule has 2 aromatic rings. The minimum atomic E-state index is -0.905. The molecule has 5 heteroatoms. The fourth-order valence-corrected chi connectivity index (χ4v) is 3.17. The van der Waals surface area contributed by atoms with E-state index in [1.54, 1.807) is 12.1 Å². The van der Waals surface area contributed by atoms with Crippen molar-refractivity contribution in [3.63, 3.8) is 0 Å². The van der Waals surface area contributed by atoms with Crippen LogP contribution in [-0.4, -0.2) is 17.6 Å². The first-order chi connectivity index (χ1) is 11.0. The molecule has 120 valence electrons. The molecular weight excluding hydrogens is 361 g/mol. The van der Waals surface area contributed by atoms with Gasteiger partial charge in [0.2, 0.25) is 5.91 Å². The van der Waals surface area contributed by atoms with Crippen LogP contribution in [0.25, 0.3) is 0 Å². The van der Waals surface area contributed by atoms with Crippen LogP contribution in [0.5, 0.6) is 0 Å². The summed E-state index contributed by atoms with van der Waals surface area (Å²) in [5.41, 5.74) is 1.61. The van der Waals surface area contributed by atoms with E-state index in [1.807, 2.05) is 24.3 Å². The molecule has 0 bridgehead atoms. The highest BCUT2D eigenvalue weighted by Gasteiger charge is 2.43. The number of carbonyl (C=O) groups is 1. The van der Waals surface area contributed by atoms with Gasteiger partial charge < -0.3 is 10.4 Å². The number of halogens is 2. The molecule has 3 rings (SSSR count). The first kappa shape index (κ1) is 16.1. The molecule has 0 spiro atoms. The minimum absolute atomic E-state index is 0.0518. The molecule has 3 nitrogen and oxygen atoms in total. The Kier molecular flexibility index (Phi) is 4.78. The number of aliphatic hydroxyl groups is 1. The summed E-state index contributed by atoms with van der Waals surface area (Å²) in [5.74, 6) is -0.280. The Morgan fingerprint density at radius 3 is 2.83 bits per heavy atom. The van der Waals surface area contributed by atoms with Crippen molar-refractivity contribution in [1.29, 1.82) is 0 Å². The molecule has 0 heterocycles. The number of nitrogens with one attached hydrogen (secondary N) is 1. The Bertz CT molecular complexity index is 722. The van der Waals surface area contributed by atoms with Crippen LogP contribution in [0.1, 0.15) is 29.6 Å². The zero-order valence-corrected chi connectivity index (χ0v) is 14.0. The van der Waals surface area contributed by atoms with Crippen LogP contribution in [0, 0.1) is 11.7 Å². The number of carbonyl (C=O) groups excluding carboxylic acids is 1. The highest BCUT2D eigenvalue weighted by molar-refractivity contribution is 9.10. The van der Waals surface area contributed by atoms with Crippen molar-refractivity contribution in [2.75, 3.05) is 6.54 Å². The second-order valence-corrected chi connectivity index (χ2v) is 6.74. The van der Waals surface area contributed by atoms with E-state index < -0.39 is 11.9 Å². The summed E-state index contributed by atoms with van der Waals surface area (Å²) in [6.07, 6.45) is -0.0871. The Morgan fingerprint density at radius 1 is 1.30 bits per heavy atom. The van der Waals surface area contributed by atoms with Gasteiger partial charge in [0.15, 0.2) is 0 Å².